The molecule has 0 amide bonds. The highest BCUT2D eigenvalue weighted by Crippen LogP contribution is 2.26. The molecule has 0 radical (unpaired) electrons. The van der Waals surface area contributed by atoms with Crippen molar-refractivity contribution >= 4 is 11.9 Å². The van der Waals surface area contributed by atoms with Gasteiger partial charge >= 0.3 is 6.01 Å². The van der Waals surface area contributed by atoms with E-state index in [0.717, 1.165) is 26.1 Å². The third kappa shape index (κ3) is 2.89. The average Bonchev–Trinajstić information content (AvgIpc) is 2.96. The fraction of sp³-hybridized carbons (Fsp3) is 0.400. The van der Waals surface area contributed by atoms with Crippen LogP contribution in [0.3, 0.4) is 0 Å². The summed E-state index contributed by atoms with van der Waals surface area (Å²) in [6.07, 6.45) is 1.01. The number of ether oxygens (including phenoxy) is 1. The molecule has 2 aromatic rings. The van der Waals surface area contributed by atoms with Crippen molar-refractivity contribution in [1.82, 2.24) is 15.0 Å². The van der Waals surface area contributed by atoms with Gasteiger partial charge in [-0.3, -0.25) is 0 Å². The number of rotatable bonds is 5. The number of fused-ring (bicyclic) bond motifs is 1. The Bertz CT molecular complexity index is 606. The number of hydrogen-bond donors (Lipinski definition) is 1. The maximum absolute atomic E-state index is 5.18. The molecule has 0 fully saturated rings. The Morgan fingerprint density at radius 3 is 2.48 bits per heavy atom. The minimum Gasteiger partial charge on any atom is -0.467 e. The maximum Gasteiger partial charge on any atom is 0.322 e. The van der Waals surface area contributed by atoms with Crippen molar-refractivity contribution in [2.24, 2.45) is 0 Å². The molecule has 6 nitrogen and oxygen atoms in total. The number of benzene rings is 1. The largest absolute Gasteiger partial charge is 0.467 e. The molecule has 110 valence electrons. The molecule has 0 aliphatic carbocycles. The lowest BCUT2D eigenvalue weighted by molar-refractivity contribution is 0.378. The number of anilines is 2. The third-order valence-electron chi connectivity index (χ3n) is 3.44. The molecular weight excluding hydrogens is 266 g/mol. The van der Waals surface area contributed by atoms with Crippen molar-refractivity contribution in [3.05, 3.63) is 35.4 Å². The Morgan fingerprint density at radius 2 is 1.86 bits per heavy atom. The van der Waals surface area contributed by atoms with E-state index in [1.165, 1.54) is 11.1 Å². The first kappa shape index (κ1) is 13.6. The molecule has 0 spiro atoms. The number of nitrogens with one attached hydrogen (secondary N) is 1. The highest BCUT2D eigenvalue weighted by molar-refractivity contribution is 5.45. The lowest BCUT2D eigenvalue weighted by Crippen LogP contribution is -2.19. The van der Waals surface area contributed by atoms with Gasteiger partial charge in [0, 0.05) is 19.6 Å². The van der Waals surface area contributed by atoms with Crippen LogP contribution in [-0.2, 0) is 13.1 Å². The monoisotopic (exact) mass is 285 g/mol. The van der Waals surface area contributed by atoms with E-state index < -0.39 is 0 Å². The van der Waals surface area contributed by atoms with Crippen LogP contribution in [0.4, 0.5) is 11.9 Å². The van der Waals surface area contributed by atoms with Crippen molar-refractivity contribution in [1.29, 1.82) is 0 Å². The van der Waals surface area contributed by atoms with Gasteiger partial charge < -0.3 is 15.0 Å². The summed E-state index contributed by atoms with van der Waals surface area (Å²) >= 11 is 0. The second-order valence-corrected chi connectivity index (χ2v) is 5.00. The van der Waals surface area contributed by atoms with Gasteiger partial charge in [-0.05, 0) is 17.5 Å². The summed E-state index contributed by atoms with van der Waals surface area (Å²) < 4.78 is 5.18. The van der Waals surface area contributed by atoms with E-state index in [0.29, 0.717) is 17.9 Å². The summed E-state index contributed by atoms with van der Waals surface area (Å²) in [4.78, 5) is 15.2. The Kier molecular flexibility index (Phi) is 3.85. The SMILES string of the molecule is CCCNc1nc(OC)nc(N2Cc3ccccc3C2)n1. The number of methoxy groups -OCH3 is 1. The summed E-state index contributed by atoms with van der Waals surface area (Å²) in [6.45, 7) is 4.56. The molecule has 0 atom stereocenters. The molecule has 1 N–H and O–H groups in total. The molecule has 1 aliphatic rings. The van der Waals surface area contributed by atoms with Gasteiger partial charge in [0.25, 0.3) is 0 Å². The zero-order valence-electron chi connectivity index (χ0n) is 12.3. The van der Waals surface area contributed by atoms with Crippen LogP contribution in [0.25, 0.3) is 0 Å². The third-order valence-corrected chi connectivity index (χ3v) is 3.44. The summed E-state index contributed by atoms with van der Waals surface area (Å²) in [6, 6.07) is 8.75. The molecule has 0 unspecified atom stereocenters. The highest BCUT2D eigenvalue weighted by atomic mass is 16.5. The Hall–Kier alpha value is -2.37. The molecule has 2 heterocycles. The van der Waals surface area contributed by atoms with Crippen molar-refractivity contribution in [2.45, 2.75) is 26.4 Å². The van der Waals surface area contributed by atoms with E-state index in [4.69, 9.17) is 4.74 Å². The quantitative estimate of drug-likeness (QED) is 0.909. The minimum absolute atomic E-state index is 0.342. The van der Waals surface area contributed by atoms with Crippen molar-refractivity contribution < 1.29 is 4.74 Å². The van der Waals surface area contributed by atoms with Crippen LogP contribution in [0.1, 0.15) is 24.5 Å². The van der Waals surface area contributed by atoms with Crippen LogP contribution in [0.2, 0.25) is 0 Å². The van der Waals surface area contributed by atoms with E-state index in [9.17, 15) is 0 Å². The standard InChI is InChI=1S/C15H19N5O/c1-3-8-16-13-17-14(19-15(18-13)21-2)20-9-11-6-4-5-7-12(11)10-20/h4-7H,3,8-10H2,1-2H3,(H,16,17,18,19). The molecule has 1 aliphatic heterocycles. The van der Waals surface area contributed by atoms with Crippen molar-refractivity contribution in [3.8, 4) is 6.01 Å². The van der Waals surface area contributed by atoms with Gasteiger partial charge in [-0.15, -0.1) is 0 Å². The zero-order chi connectivity index (χ0) is 14.7. The van der Waals surface area contributed by atoms with Gasteiger partial charge in [-0.2, -0.15) is 15.0 Å². The van der Waals surface area contributed by atoms with E-state index in [-0.39, 0.29) is 0 Å². The van der Waals surface area contributed by atoms with Gasteiger partial charge in [0.1, 0.15) is 0 Å². The second-order valence-electron chi connectivity index (χ2n) is 5.00. The molecule has 0 saturated heterocycles. The molecule has 3 rings (SSSR count). The van der Waals surface area contributed by atoms with Gasteiger partial charge in [0.2, 0.25) is 11.9 Å². The Balaban J connectivity index is 1.85. The fourth-order valence-corrected chi connectivity index (χ4v) is 2.37. The van der Waals surface area contributed by atoms with E-state index >= 15 is 0 Å². The first-order chi connectivity index (χ1) is 10.3. The fourth-order valence-electron chi connectivity index (χ4n) is 2.37. The molecule has 1 aromatic carbocycles. The first-order valence-electron chi connectivity index (χ1n) is 7.16. The van der Waals surface area contributed by atoms with Gasteiger partial charge in [0.15, 0.2) is 0 Å². The lowest BCUT2D eigenvalue weighted by Gasteiger charge is -2.16. The van der Waals surface area contributed by atoms with Crippen LogP contribution in [-0.4, -0.2) is 28.6 Å². The zero-order valence-corrected chi connectivity index (χ0v) is 12.3. The van der Waals surface area contributed by atoms with E-state index in [1.54, 1.807) is 7.11 Å². The molecule has 21 heavy (non-hydrogen) atoms. The summed E-state index contributed by atoms with van der Waals surface area (Å²) in [5, 5.41) is 3.19. The Morgan fingerprint density at radius 1 is 1.14 bits per heavy atom. The van der Waals surface area contributed by atoms with Crippen LogP contribution < -0.4 is 15.0 Å². The molecular formula is C15H19N5O. The van der Waals surface area contributed by atoms with Gasteiger partial charge in [-0.1, -0.05) is 31.2 Å². The van der Waals surface area contributed by atoms with Crippen molar-refractivity contribution in [3.63, 3.8) is 0 Å². The predicted octanol–water partition coefficient (Wildman–Crippen LogP) is 2.22. The minimum atomic E-state index is 0.342. The number of nitrogens with zero attached hydrogens (tertiary/aromatic N) is 4. The molecule has 0 saturated carbocycles. The highest BCUT2D eigenvalue weighted by Gasteiger charge is 2.22. The van der Waals surface area contributed by atoms with Crippen LogP contribution in [0.15, 0.2) is 24.3 Å². The summed E-state index contributed by atoms with van der Waals surface area (Å²) in [5.74, 6) is 1.21. The average molecular weight is 285 g/mol. The van der Waals surface area contributed by atoms with Crippen LogP contribution >= 0.6 is 0 Å². The van der Waals surface area contributed by atoms with Gasteiger partial charge in [0.05, 0.1) is 7.11 Å². The van der Waals surface area contributed by atoms with Gasteiger partial charge in [-0.25, -0.2) is 0 Å². The second kappa shape index (κ2) is 5.95. The lowest BCUT2D eigenvalue weighted by atomic mass is 10.1. The topological polar surface area (TPSA) is 63.2 Å². The van der Waals surface area contributed by atoms with E-state index in [2.05, 4.69) is 56.4 Å². The molecule has 6 heteroatoms. The van der Waals surface area contributed by atoms with Crippen LogP contribution in [0.5, 0.6) is 6.01 Å². The smallest absolute Gasteiger partial charge is 0.322 e. The van der Waals surface area contributed by atoms with Crippen molar-refractivity contribution in [2.75, 3.05) is 23.9 Å². The van der Waals surface area contributed by atoms with Crippen LogP contribution in [0, 0.1) is 0 Å². The summed E-state index contributed by atoms with van der Waals surface area (Å²) in [7, 11) is 1.57. The number of aromatic nitrogens is 3. The predicted molar refractivity (Wildman–Crippen MR) is 81.5 cm³/mol. The Labute approximate surface area is 124 Å². The normalized spacial score (nSPS) is 13.1. The first-order valence-corrected chi connectivity index (χ1v) is 7.16. The summed E-state index contributed by atoms with van der Waals surface area (Å²) in [5.41, 5.74) is 2.64. The molecule has 0 bridgehead atoms. The van der Waals surface area contributed by atoms with E-state index in [1.807, 2.05) is 0 Å². The number of hydrogen-bond acceptors (Lipinski definition) is 6. The maximum atomic E-state index is 5.18. The molecule has 1 aromatic heterocycles.